The zero-order valence-corrected chi connectivity index (χ0v) is 14.4. The third-order valence-corrected chi connectivity index (χ3v) is 4.44. The number of pyridine rings is 1. The first-order valence-electron chi connectivity index (χ1n) is 8.15. The van der Waals surface area contributed by atoms with Crippen LogP contribution in [0.5, 0.6) is 0 Å². The van der Waals surface area contributed by atoms with Gasteiger partial charge in [0.1, 0.15) is 5.82 Å². The van der Waals surface area contributed by atoms with Crippen LogP contribution in [0.25, 0.3) is 0 Å². The van der Waals surface area contributed by atoms with E-state index in [4.69, 9.17) is 21.4 Å². The van der Waals surface area contributed by atoms with Gasteiger partial charge in [0.05, 0.1) is 19.3 Å². The molecule has 25 heavy (non-hydrogen) atoms. The predicted octanol–water partition coefficient (Wildman–Crippen LogP) is 2.92. The van der Waals surface area contributed by atoms with E-state index in [1.807, 2.05) is 24.3 Å². The maximum absolute atomic E-state index is 11.1. The first-order chi connectivity index (χ1) is 12.1. The van der Waals surface area contributed by atoms with Gasteiger partial charge >= 0.3 is 5.97 Å². The topological polar surface area (TPSA) is 74.7 Å². The summed E-state index contributed by atoms with van der Waals surface area (Å²) >= 11 is 6.01. The zero-order valence-electron chi connectivity index (χ0n) is 13.7. The Morgan fingerprint density at radius 3 is 2.64 bits per heavy atom. The van der Waals surface area contributed by atoms with Crippen LogP contribution < -0.4 is 5.32 Å². The molecule has 1 aliphatic rings. The number of morpholine rings is 1. The second kappa shape index (κ2) is 8.29. The van der Waals surface area contributed by atoms with E-state index in [0.717, 1.165) is 18.7 Å². The van der Waals surface area contributed by atoms with Crippen LogP contribution >= 0.6 is 11.6 Å². The molecular formula is C18H20ClN3O3. The van der Waals surface area contributed by atoms with Gasteiger partial charge < -0.3 is 15.2 Å². The van der Waals surface area contributed by atoms with E-state index in [1.54, 1.807) is 12.1 Å². The number of anilines is 1. The lowest BCUT2D eigenvalue weighted by Gasteiger charge is -2.35. The normalized spacial score (nSPS) is 16.4. The van der Waals surface area contributed by atoms with Gasteiger partial charge in [0.15, 0.2) is 5.69 Å². The Hall–Kier alpha value is -2.15. The third-order valence-electron chi connectivity index (χ3n) is 4.19. The quantitative estimate of drug-likeness (QED) is 0.824. The van der Waals surface area contributed by atoms with Crippen molar-refractivity contribution < 1.29 is 14.6 Å². The van der Waals surface area contributed by atoms with Crippen molar-refractivity contribution in [2.24, 2.45) is 0 Å². The minimum Gasteiger partial charge on any atom is -0.477 e. The van der Waals surface area contributed by atoms with Crippen molar-refractivity contribution in [3.05, 3.63) is 58.7 Å². The van der Waals surface area contributed by atoms with E-state index in [2.05, 4.69) is 15.2 Å². The van der Waals surface area contributed by atoms with Crippen LogP contribution in [0.4, 0.5) is 5.82 Å². The van der Waals surface area contributed by atoms with Crippen molar-refractivity contribution in [1.82, 2.24) is 9.88 Å². The zero-order chi connectivity index (χ0) is 17.6. The molecule has 1 aromatic heterocycles. The van der Waals surface area contributed by atoms with Gasteiger partial charge in [-0.3, -0.25) is 4.90 Å². The van der Waals surface area contributed by atoms with Crippen LogP contribution in [0, 0.1) is 0 Å². The maximum Gasteiger partial charge on any atom is 0.354 e. The summed E-state index contributed by atoms with van der Waals surface area (Å²) in [6.07, 6.45) is 0. The number of rotatable bonds is 6. The van der Waals surface area contributed by atoms with Crippen molar-refractivity contribution in [2.45, 2.75) is 6.04 Å². The fourth-order valence-corrected chi connectivity index (χ4v) is 3.01. The molecule has 1 fully saturated rings. The minimum absolute atomic E-state index is 0.0272. The molecule has 0 spiro atoms. The monoisotopic (exact) mass is 361 g/mol. The van der Waals surface area contributed by atoms with E-state index in [1.165, 1.54) is 6.07 Å². The van der Waals surface area contributed by atoms with Crippen LogP contribution in [0.15, 0.2) is 42.5 Å². The number of ether oxygens (including phenoxy) is 1. The molecule has 3 rings (SSSR count). The van der Waals surface area contributed by atoms with E-state index < -0.39 is 5.97 Å². The molecule has 0 aliphatic carbocycles. The molecular weight excluding hydrogens is 342 g/mol. The van der Waals surface area contributed by atoms with Crippen LogP contribution in [0.3, 0.4) is 0 Å². The second-order valence-electron chi connectivity index (χ2n) is 5.81. The molecule has 6 nitrogen and oxygen atoms in total. The fourth-order valence-electron chi connectivity index (χ4n) is 2.89. The van der Waals surface area contributed by atoms with E-state index in [-0.39, 0.29) is 11.7 Å². The number of nitrogens with one attached hydrogen (secondary N) is 1. The Morgan fingerprint density at radius 1 is 1.24 bits per heavy atom. The molecule has 0 radical (unpaired) electrons. The standard InChI is InChI=1S/C18H20ClN3O3/c19-14-6-4-13(5-7-14)16(22-8-10-25-11-9-22)12-20-17-3-1-2-15(21-17)18(23)24/h1-7,16H,8-12H2,(H,20,21)(H,23,24). The fraction of sp³-hybridized carbons (Fsp3) is 0.333. The molecule has 2 aromatic rings. The Labute approximate surface area is 151 Å². The van der Waals surface area contributed by atoms with Crippen LogP contribution in [0.2, 0.25) is 5.02 Å². The van der Waals surface area contributed by atoms with Crippen molar-refractivity contribution in [1.29, 1.82) is 0 Å². The van der Waals surface area contributed by atoms with E-state index in [9.17, 15) is 4.79 Å². The molecule has 2 N–H and O–H groups in total. The molecule has 0 bridgehead atoms. The number of halogens is 1. The predicted molar refractivity (Wildman–Crippen MR) is 96.3 cm³/mol. The SMILES string of the molecule is O=C(O)c1cccc(NCC(c2ccc(Cl)cc2)N2CCOCC2)n1. The Morgan fingerprint density at radius 2 is 1.96 bits per heavy atom. The summed E-state index contributed by atoms with van der Waals surface area (Å²) in [5.41, 5.74) is 1.17. The van der Waals surface area contributed by atoms with Gasteiger partial charge in [-0.15, -0.1) is 0 Å². The summed E-state index contributed by atoms with van der Waals surface area (Å²) in [5.74, 6) is -0.488. The van der Waals surface area contributed by atoms with Crippen LogP contribution in [-0.2, 0) is 4.74 Å². The Bertz CT molecular complexity index is 718. The number of carboxylic acids is 1. The third kappa shape index (κ3) is 4.69. The van der Waals surface area contributed by atoms with Gasteiger partial charge in [-0.1, -0.05) is 29.8 Å². The summed E-state index contributed by atoms with van der Waals surface area (Å²) < 4.78 is 5.45. The van der Waals surface area contributed by atoms with Gasteiger partial charge in [-0.05, 0) is 29.8 Å². The van der Waals surface area contributed by atoms with Crippen molar-refractivity contribution in [2.75, 3.05) is 38.2 Å². The average Bonchev–Trinajstić information content (AvgIpc) is 2.64. The first kappa shape index (κ1) is 17.7. The maximum atomic E-state index is 11.1. The summed E-state index contributed by atoms with van der Waals surface area (Å²) in [4.78, 5) is 17.5. The largest absolute Gasteiger partial charge is 0.477 e. The summed E-state index contributed by atoms with van der Waals surface area (Å²) in [7, 11) is 0. The number of hydrogen-bond donors (Lipinski definition) is 2. The van der Waals surface area contributed by atoms with Crippen molar-refractivity contribution in [3.8, 4) is 0 Å². The number of nitrogens with zero attached hydrogens (tertiary/aromatic N) is 2. The number of carboxylic acid groups (broad SMARTS) is 1. The van der Waals surface area contributed by atoms with Gasteiger partial charge in [-0.25, -0.2) is 9.78 Å². The van der Waals surface area contributed by atoms with Gasteiger partial charge in [0.2, 0.25) is 0 Å². The number of hydrogen-bond acceptors (Lipinski definition) is 5. The molecule has 0 amide bonds. The van der Waals surface area contributed by atoms with Crippen LogP contribution in [0.1, 0.15) is 22.1 Å². The molecule has 1 aliphatic heterocycles. The lowest BCUT2D eigenvalue weighted by Crippen LogP contribution is -2.41. The first-order valence-corrected chi connectivity index (χ1v) is 8.53. The van der Waals surface area contributed by atoms with E-state index in [0.29, 0.717) is 30.6 Å². The highest BCUT2D eigenvalue weighted by atomic mass is 35.5. The highest BCUT2D eigenvalue weighted by molar-refractivity contribution is 6.30. The van der Waals surface area contributed by atoms with Crippen LogP contribution in [-0.4, -0.2) is 53.8 Å². The second-order valence-corrected chi connectivity index (χ2v) is 6.25. The van der Waals surface area contributed by atoms with Crippen molar-refractivity contribution in [3.63, 3.8) is 0 Å². The number of aromatic nitrogens is 1. The lowest BCUT2D eigenvalue weighted by molar-refractivity contribution is 0.0187. The molecule has 1 aromatic carbocycles. The Balaban J connectivity index is 1.76. The highest BCUT2D eigenvalue weighted by Gasteiger charge is 2.22. The van der Waals surface area contributed by atoms with E-state index >= 15 is 0 Å². The molecule has 1 saturated heterocycles. The molecule has 132 valence electrons. The number of benzene rings is 1. The summed E-state index contributed by atoms with van der Waals surface area (Å²) in [6.45, 7) is 3.71. The molecule has 7 heteroatoms. The van der Waals surface area contributed by atoms with Gasteiger partial charge in [0, 0.05) is 24.7 Å². The summed E-state index contributed by atoms with van der Waals surface area (Å²) in [6, 6.07) is 12.9. The average molecular weight is 362 g/mol. The van der Waals surface area contributed by atoms with Gasteiger partial charge in [0.25, 0.3) is 0 Å². The smallest absolute Gasteiger partial charge is 0.354 e. The molecule has 2 heterocycles. The van der Waals surface area contributed by atoms with Gasteiger partial charge in [-0.2, -0.15) is 0 Å². The minimum atomic E-state index is -1.04. The molecule has 0 saturated carbocycles. The highest BCUT2D eigenvalue weighted by Crippen LogP contribution is 2.24. The molecule has 1 unspecified atom stereocenters. The summed E-state index contributed by atoms with van der Waals surface area (Å²) in [5, 5.41) is 13.0. The Kier molecular flexibility index (Phi) is 5.86. The number of aromatic carboxylic acids is 1. The van der Waals surface area contributed by atoms with Crippen molar-refractivity contribution >= 4 is 23.4 Å². The number of carbonyl (C=O) groups is 1. The molecule has 1 atom stereocenters. The lowest BCUT2D eigenvalue weighted by atomic mass is 10.0.